The maximum Gasteiger partial charge on any atom is 0.228 e. The molecule has 0 saturated carbocycles. The van der Waals surface area contributed by atoms with Gasteiger partial charge in [0.1, 0.15) is 5.75 Å². The van der Waals surface area contributed by atoms with Crippen molar-refractivity contribution in [2.24, 2.45) is 5.92 Å². The molecule has 2 saturated heterocycles. The minimum atomic E-state index is -0.185. The van der Waals surface area contributed by atoms with Gasteiger partial charge in [-0.05, 0) is 37.0 Å². The number of ether oxygens (including phenoxy) is 1. The van der Waals surface area contributed by atoms with Crippen LogP contribution < -0.4 is 4.74 Å². The van der Waals surface area contributed by atoms with Gasteiger partial charge in [-0.25, -0.2) is 0 Å². The van der Waals surface area contributed by atoms with Crippen LogP contribution in [0.25, 0.3) is 0 Å². The van der Waals surface area contributed by atoms with E-state index in [0.29, 0.717) is 12.8 Å². The topological polar surface area (TPSA) is 49.9 Å². The van der Waals surface area contributed by atoms with Gasteiger partial charge in [-0.15, -0.1) is 0 Å². The fraction of sp³-hybridized carbons (Fsp3) is 0.556. The maximum atomic E-state index is 12.9. The molecule has 0 bridgehead atoms. The Labute approximate surface area is 137 Å². The third kappa shape index (κ3) is 3.05. The summed E-state index contributed by atoms with van der Waals surface area (Å²) in [6.07, 6.45) is 3.25. The molecule has 124 valence electrons. The first-order chi connectivity index (χ1) is 11.1. The fourth-order valence-electron chi connectivity index (χ4n) is 3.73. The SMILES string of the molecule is COc1ccc([C@H]2[C@@H](C(=O)N3CCCC3)CCC(=O)N2C)cc1. The molecule has 5 heteroatoms. The molecule has 0 aliphatic carbocycles. The van der Waals surface area contributed by atoms with Crippen molar-refractivity contribution in [1.82, 2.24) is 9.80 Å². The number of piperidine rings is 1. The van der Waals surface area contributed by atoms with Crippen LogP contribution in [0.1, 0.15) is 37.3 Å². The van der Waals surface area contributed by atoms with Crippen molar-refractivity contribution in [3.63, 3.8) is 0 Å². The minimum absolute atomic E-state index is 0.108. The van der Waals surface area contributed by atoms with E-state index in [0.717, 1.165) is 37.2 Å². The summed E-state index contributed by atoms with van der Waals surface area (Å²) in [4.78, 5) is 28.8. The van der Waals surface area contributed by atoms with Crippen LogP contribution in [-0.2, 0) is 9.59 Å². The Morgan fingerprint density at radius 3 is 2.43 bits per heavy atom. The van der Waals surface area contributed by atoms with Gasteiger partial charge < -0.3 is 14.5 Å². The van der Waals surface area contributed by atoms with Crippen LogP contribution >= 0.6 is 0 Å². The third-order valence-corrected chi connectivity index (χ3v) is 5.05. The lowest BCUT2D eigenvalue weighted by atomic mass is 9.83. The predicted molar refractivity (Wildman–Crippen MR) is 87.0 cm³/mol. The van der Waals surface area contributed by atoms with Gasteiger partial charge in [0.15, 0.2) is 0 Å². The first-order valence-electron chi connectivity index (χ1n) is 8.30. The van der Waals surface area contributed by atoms with Crippen LogP contribution in [0.4, 0.5) is 0 Å². The van der Waals surface area contributed by atoms with E-state index in [1.807, 2.05) is 29.2 Å². The highest BCUT2D eigenvalue weighted by Gasteiger charge is 2.40. The summed E-state index contributed by atoms with van der Waals surface area (Å²) < 4.78 is 5.20. The van der Waals surface area contributed by atoms with Crippen LogP contribution in [0, 0.1) is 5.92 Å². The number of hydrogen-bond acceptors (Lipinski definition) is 3. The van der Waals surface area contributed by atoms with Crippen LogP contribution in [-0.4, -0.2) is 48.9 Å². The predicted octanol–water partition coefficient (Wildman–Crippen LogP) is 2.23. The van der Waals surface area contributed by atoms with Crippen LogP contribution in [0.2, 0.25) is 0 Å². The summed E-state index contributed by atoms with van der Waals surface area (Å²) >= 11 is 0. The average Bonchev–Trinajstić information content (AvgIpc) is 3.11. The Morgan fingerprint density at radius 1 is 1.17 bits per heavy atom. The summed E-state index contributed by atoms with van der Waals surface area (Å²) in [6.45, 7) is 1.70. The molecule has 1 aromatic rings. The zero-order valence-corrected chi connectivity index (χ0v) is 13.8. The smallest absolute Gasteiger partial charge is 0.228 e. The molecular formula is C18H24N2O3. The van der Waals surface area contributed by atoms with Gasteiger partial charge in [-0.3, -0.25) is 9.59 Å². The Balaban J connectivity index is 1.89. The molecule has 0 spiro atoms. The summed E-state index contributed by atoms with van der Waals surface area (Å²) in [5.74, 6) is 0.934. The minimum Gasteiger partial charge on any atom is -0.497 e. The van der Waals surface area contributed by atoms with Crippen molar-refractivity contribution in [2.45, 2.75) is 31.7 Å². The van der Waals surface area contributed by atoms with E-state index >= 15 is 0 Å². The number of amides is 2. The summed E-state index contributed by atoms with van der Waals surface area (Å²) in [7, 11) is 3.44. The number of benzene rings is 1. The molecule has 5 nitrogen and oxygen atoms in total. The Morgan fingerprint density at radius 2 is 1.83 bits per heavy atom. The van der Waals surface area contributed by atoms with Gasteiger partial charge >= 0.3 is 0 Å². The molecule has 2 aliphatic rings. The molecule has 0 aromatic heterocycles. The number of likely N-dealkylation sites (tertiary alicyclic amines) is 2. The van der Waals surface area contributed by atoms with Gasteiger partial charge in [-0.2, -0.15) is 0 Å². The van der Waals surface area contributed by atoms with Gasteiger partial charge in [-0.1, -0.05) is 12.1 Å². The van der Waals surface area contributed by atoms with Gasteiger partial charge in [0.25, 0.3) is 0 Å². The van der Waals surface area contributed by atoms with E-state index in [1.54, 1.807) is 19.1 Å². The number of nitrogens with zero attached hydrogens (tertiary/aromatic N) is 2. The molecule has 1 aromatic carbocycles. The highest BCUT2D eigenvalue weighted by Crippen LogP contribution is 2.37. The molecule has 2 atom stereocenters. The van der Waals surface area contributed by atoms with E-state index in [9.17, 15) is 9.59 Å². The van der Waals surface area contributed by atoms with Crippen molar-refractivity contribution >= 4 is 11.8 Å². The zero-order chi connectivity index (χ0) is 16.4. The normalized spacial score (nSPS) is 24.9. The van der Waals surface area contributed by atoms with Crippen molar-refractivity contribution in [3.8, 4) is 5.75 Å². The van der Waals surface area contributed by atoms with Crippen LogP contribution in [0.5, 0.6) is 5.75 Å². The van der Waals surface area contributed by atoms with E-state index < -0.39 is 0 Å². The molecule has 3 rings (SSSR count). The third-order valence-electron chi connectivity index (χ3n) is 5.05. The first kappa shape index (κ1) is 15.8. The number of carbonyl (C=O) groups is 2. The van der Waals surface area contributed by atoms with Crippen LogP contribution in [0.3, 0.4) is 0 Å². The van der Waals surface area contributed by atoms with Gasteiger partial charge in [0.2, 0.25) is 11.8 Å². The highest BCUT2D eigenvalue weighted by atomic mass is 16.5. The molecule has 2 heterocycles. The number of methoxy groups -OCH3 is 1. The summed E-state index contributed by atoms with van der Waals surface area (Å²) in [6, 6.07) is 7.51. The maximum absolute atomic E-state index is 12.9. The molecule has 2 fully saturated rings. The van der Waals surface area contributed by atoms with Gasteiger partial charge in [0, 0.05) is 26.6 Å². The van der Waals surface area contributed by atoms with Crippen molar-refractivity contribution < 1.29 is 14.3 Å². The molecule has 0 unspecified atom stereocenters. The van der Waals surface area contributed by atoms with Crippen molar-refractivity contribution in [1.29, 1.82) is 0 Å². The fourth-order valence-corrected chi connectivity index (χ4v) is 3.73. The Bertz CT molecular complexity index is 578. The van der Waals surface area contributed by atoms with E-state index in [4.69, 9.17) is 4.74 Å². The molecular weight excluding hydrogens is 292 g/mol. The monoisotopic (exact) mass is 316 g/mol. The lowest BCUT2D eigenvalue weighted by Gasteiger charge is -2.40. The molecule has 0 N–H and O–H groups in total. The first-order valence-corrected chi connectivity index (χ1v) is 8.30. The van der Waals surface area contributed by atoms with E-state index in [2.05, 4.69) is 0 Å². The molecule has 23 heavy (non-hydrogen) atoms. The van der Waals surface area contributed by atoms with Gasteiger partial charge in [0.05, 0.1) is 19.1 Å². The second-order valence-electron chi connectivity index (χ2n) is 6.40. The Hall–Kier alpha value is -2.04. The second kappa shape index (κ2) is 6.60. The molecule has 2 aliphatic heterocycles. The lowest BCUT2D eigenvalue weighted by molar-refractivity contribution is -0.146. The summed E-state index contributed by atoms with van der Waals surface area (Å²) in [5.41, 5.74) is 0.999. The summed E-state index contributed by atoms with van der Waals surface area (Å²) in [5, 5.41) is 0. The largest absolute Gasteiger partial charge is 0.497 e. The number of carbonyl (C=O) groups excluding carboxylic acids is 2. The van der Waals surface area contributed by atoms with Crippen molar-refractivity contribution in [2.75, 3.05) is 27.2 Å². The van der Waals surface area contributed by atoms with E-state index in [1.165, 1.54) is 0 Å². The lowest BCUT2D eigenvalue weighted by Crippen LogP contribution is -2.47. The number of rotatable bonds is 3. The zero-order valence-electron chi connectivity index (χ0n) is 13.8. The average molecular weight is 316 g/mol. The van der Waals surface area contributed by atoms with Crippen LogP contribution in [0.15, 0.2) is 24.3 Å². The number of hydrogen-bond donors (Lipinski definition) is 0. The Kier molecular flexibility index (Phi) is 4.55. The second-order valence-corrected chi connectivity index (χ2v) is 6.40. The molecule has 2 amide bonds. The molecule has 0 radical (unpaired) electrons. The van der Waals surface area contributed by atoms with Crippen molar-refractivity contribution in [3.05, 3.63) is 29.8 Å². The van der Waals surface area contributed by atoms with E-state index in [-0.39, 0.29) is 23.8 Å². The quantitative estimate of drug-likeness (QED) is 0.859. The standard InChI is InChI=1S/C18H24N2O3/c1-19-16(21)10-9-15(18(22)20-11-3-4-12-20)17(19)13-5-7-14(23-2)8-6-13/h5-8,15,17H,3-4,9-12H2,1-2H3/t15-,17-/m0/s1. The highest BCUT2D eigenvalue weighted by molar-refractivity contribution is 5.85.